The summed E-state index contributed by atoms with van der Waals surface area (Å²) in [5.41, 5.74) is 2.28. The van der Waals surface area contributed by atoms with E-state index in [1.54, 1.807) is 47.2 Å². The minimum atomic E-state index is -0.488. The van der Waals surface area contributed by atoms with E-state index in [2.05, 4.69) is 11.4 Å². The van der Waals surface area contributed by atoms with Gasteiger partial charge in [-0.3, -0.25) is 19.1 Å². The van der Waals surface area contributed by atoms with Crippen LogP contribution in [0.4, 0.5) is 10.2 Å². The maximum atomic E-state index is 13.8. The first-order valence-corrected chi connectivity index (χ1v) is 11.2. The number of halogens is 1. The second kappa shape index (κ2) is 9.98. The molecule has 1 aromatic heterocycles. The van der Waals surface area contributed by atoms with Crippen molar-refractivity contribution in [3.63, 3.8) is 0 Å². The molecule has 31 heavy (non-hydrogen) atoms. The number of ether oxygens (including phenoxy) is 1. The van der Waals surface area contributed by atoms with Gasteiger partial charge in [0.25, 0.3) is 0 Å². The zero-order valence-corrected chi connectivity index (χ0v) is 18.6. The zero-order chi connectivity index (χ0) is 22.5. The molecule has 164 valence electrons. The average Bonchev–Trinajstić information content (AvgIpc) is 2.97. The van der Waals surface area contributed by atoms with Crippen molar-refractivity contribution in [2.75, 3.05) is 36.5 Å². The molecule has 1 amide bonds. The lowest BCUT2D eigenvalue weighted by atomic mass is 10.2. The highest BCUT2D eigenvalue weighted by Crippen LogP contribution is 2.30. The van der Waals surface area contributed by atoms with Crippen molar-refractivity contribution >= 4 is 29.5 Å². The topological polar surface area (TPSA) is 87.4 Å². The summed E-state index contributed by atoms with van der Waals surface area (Å²) in [6, 6.07) is 7.63. The molecular formula is C22H25FN4O3S. The molecule has 3 rings (SSSR count). The Balaban J connectivity index is 1.88. The van der Waals surface area contributed by atoms with Crippen molar-refractivity contribution in [1.82, 2.24) is 9.47 Å². The van der Waals surface area contributed by atoms with E-state index in [0.29, 0.717) is 34.9 Å². The number of anilines is 1. The minimum absolute atomic E-state index is 0.0126. The first-order chi connectivity index (χ1) is 14.9. The van der Waals surface area contributed by atoms with Crippen LogP contribution in [0.3, 0.4) is 0 Å². The van der Waals surface area contributed by atoms with E-state index in [1.807, 2.05) is 6.92 Å². The van der Waals surface area contributed by atoms with Gasteiger partial charge in [0.2, 0.25) is 5.91 Å². The van der Waals surface area contributed by atoms with Crippen LogP contribution in [0.2, 0.25) is 0 Å². The van der Waals surface area contributed by atoms with Gasteiger partial charge in [0, 0.05) is 23.7 Å². The normalized spacial score (nSPS) is 16.5. The van der Waals surface area contributed by atoms with Crippen LogP contribution in [0.5, 0.6) is 0 Å². The summed E-state index contributed by atoms with van der Waals surface area (Å²) in [5, 5.41) is 12.5. The van der Waals surface area contributed by atoms with Crippen LogP contribution in [-0.2, 0) is 14.3 Å². The highest BCUT2D eigenvalue weighted by atomic mass is 32.2. The van der Waals surface area contributed by atoms with Crippen molar-refractivity contribution in [2.45, 2.75) is 26.8 Å². The third kappa shape index (κ3) is 4.92. The number of rotatable bonds is 6. The number of hydrogen-bond acceptors (Lipinski definition) is 6. The summed E-state index contributed by atoms with van der Waals surface area (Å²) < 4.78 is 20.7. The summed E-state index contributed by atoms with van der Waals surface area (Å²) >= 11 is 1.65. The van der Waals surface area contributed by atoms with E-state index >= 15 is 0 Å². The summed E-state index contributed by atoms with van der Waals surface area (Å²) in [5.74, 6) is 0.565. The molecule has 0 spiro atoms. The van der Waals surface area contributed by atoms with Crippen LogP contribution < -0.4 is 5.32 Å². The number of carbonyl (C=O) groups excluding carboxylic acids is 2. The van der Waals surface area contributed by atoms with Gasteiger partial charge in [0.1, 0.15) is 23.7 Å². The second-order valence-electron chi connectivity index (χ2n) is 7.22. The Hall–Kier alpha value is -2.83. The van der Waals surface area contributed by atoms with Crippen LogP contribution in [0, 0.1) is 31.0 Å². The van der Waals surface area contributed by atoms with Crippen molar-refractivity contribution in [2.24, 2.45) is 0 Å². The number of amides is 1. The molecule has 7 nitrogen and oxygen atoms in total. The Morgan fingerprint density at radius 1 is 1.39 bits per heavy atom. The molecule has 1 atom stereocenters. The number of benzene rings is 1. The van der Waals surface area contributed by atoms with Crippen LogP contribution >= 0.6 is 11.8 Å². The Kier molecular flexibility index (Phi) is 7.36. The van der Waals surface area contributed by atoms with E-state index in [1.165, 1.54) is 12.1 Å². The number of nitriles is 1. The van der Waals surface area contributed by atoms with Crippen LogP contribution in [0.15, 0.2) is 24.3 Å². The monoisotopic (exact) mass is 444 g/mol. The summed E-state index contributed by atoms with van der Waals surface area (Å²) in [6.07, 6.45) is 0. The number of nitrogens with one attached hydrogen (secondary N) is 1. The fraction of sp³-hybridized carbons (Fsp3) is 0.409. The van der Waals surface area contributed by atoms with Crippen molar-refractivity contribution in [3.8, 4) is 11.8 Å². The molecule has 2 heterocycles. The summed E-state index contributed by atoms with van der Waals surface area (Å²) in [6.45, 7) is 6.20. The van der Waals surface area contributed by atoms with E-state index < -0.39 is 11.9 Å². The fourth-order valence-corrected chi connectivity index (χ4v) is 4.74. The summed E-state index contributed by atoms with van der Waals surface area (Å²) in [7, 11) is 0. The average molecular weight is 445 g/mol. The van der Waals surface area contributed by atoms with E-state index in [0.717, 1.165) is 11.4 Å². The molecule has 0 bridgehead atoms. The van der Waals surface area contributed by atoms with Crippen LogP contribution in [-0.4, -0.2) is 58.6 Å². The number of nitrogens with zero attached hydrogens (tertiary/aromatic N) is 3. The molecule has 9 heteroatoms. The lowest BCUT2D eigenvalue weighted by Crippen LogP contribution is -2.50. The first-order valence-electron chi connectivity index (χ1n) is 10.0. The molecule has 0 saturated carbocycles. The van der Waals surface area contributed by atoms with Crippen LogP contribution in [0.25, 0.3) is 5.69 Å². The largest absolute Gasteiger partial charge is 0.465 e. The third-order valence-corrected chi connectivity index (χ3v) is 6.32. The van der Waals surface area contributed by atoms with Gasteiger partial charge in [-0.25, -0.2) is 4.39 Å². The number of esters is 1. The van der Waals surface area contributed by atoms with Crippen molar-refractivity contribution in [1.29, 1.82) is 5.26 Å². The predicted molar refractivity (Wildman–Crippen MR) is 118 cm³/mol. The quantitative estimate of drug-likeness (QED) is 0.689. The van der Waals surface area contributed by atoms with Crippen molar-refractivity contribution < 1.29 is 18.7 Å². The molecule has 1 aliphatic rings. The Labute approximate surface area is 185 Å². The maximum absolute atomic E-state index is 13.8. The van der Waals surface area contributed by atoms with E-state index in [-0.39, 0.29) is 25.0 Å². The number of carbonyl (C=O) groups is 2. The number of hydrogen-bond donors (Lipinski definition) is 1. The van der Waals surface area contributed by atoms with Gasteiger partial charge in [-0.05, 0) is 44.5 Å². The Morgan fingerprint density at radius 2 is 2.16 bits per heavy atom. The molecule has 1 aromatic carbocycles. The van der Waals surface area contributed by atoms with Gasteiger partial charge >= 0.3 is 5.97 Å². The SMILES string of the molecule is CCOC(=O)[C@@H]1CSCCN1CC(=O)Nc1c(C#N)c(C)c(C)n1-c1cccc(F)c1. The lowest BCUT2D eigenvalue weighted by molar-refractivity contribution is -0.148. The highest BCUT2D eigenvalue weighted by Gasteiger charge is 2.32. The first kappa shape index (κ1) is 22.8. The molecular weight excluding hydrogens is 419 g/mol. The van der Waals surface area contributed by atoms with Crippen LogP contribution in [0.1, 0.15) is 23.7 Å². The molecule has 1 N–H and O–H groups in total. The maximum Gasteiger partial charge on any atom is 0.324 e. The van der Waals surface area contributed by atoms with Gasteiger partial charge in [0.05, 0.1) is 24.4 Å². The molecule has 1 aliphatic heterocycles. The van der Waals surface area contributed by atoms with Gasteiger partial charge in [-0.15, -0.1) is 0 Å². The second-order valence-corrected chi connectivity index (χ2v) is 8.37. The predicted octanol–water partition coefficient (Wildman–Crippen LogP) is 3.02. The molecule has 0 radical (unpaired) electrons. The molecule has 2 aromatic rings. The number of aromatic nitrogens is 1. The smallest absolute Gasteiger partial charge is 0.324 e. The van der Waals surface area contributed by atoms with E-state index in [4.69, 9.17) is 4.74 Å². The van der Waals surface area contributed by atoms with Gasteiger partial charge in [-0.1, -0.05) is 6.07 Å². The standard InChI is InChI=1S/C22H25FN4O3S/c1-4-30-22(29)19-13-31-9-8-26(19)12-20(28)25-21-18(11-24)14(2)15(3)27(21)17-7-5-6-16(23)10-17/h5-7,10,19H,4,8-9,12-13H2,1-3H3,(H,25,28)/t19-/m0/s1. The lowest BCUT2D eigenvalue weighted by Gasteiger charge is -2.32. The molecule has 0 unspecified atom stereocenters. The Bertz CT molecular complexity index is 1030. The molecule has 1 fully saturated rings. The van der Waals surface area contributed by atoms with Gasteiger partial charge in [-0.2, -0.15) is 17.0 Å². The fourth-order valence-electron chi connectivity index (χ4n) is 3.64. The van der Waals surface area contributed by atoms with Gasteiger partial charge < -0.3 is 10.1 Å². The Morgan fingerprint density at radius 3 is 2.84 bits per heavy atom. The van der Waals surface area contributed by atoms with Crippen molar-refractivity contribution in [3.05, 3.63) is 46.9 Å². The third-order valence-electron chi connectivity index (χ3n) is 5.29. The summed E-state index contributed by atoms with van der Waals surface area (Å²) in [4.78, 5) is 27.0. The van der Waals surface area contributed by atoms with Gasteiger partial charge in [0.15, 0.2) is 0 Å². The number of thioether (sulfide) groups is 1. The molecule has 0 aliphatic carbocycles. The minimum Gasteiger partial charge on any atom is -0.465 e. The molecule has 1 saturated heterocycles. The highest BCUT2D eigenvalue weighted by molar-refractivity contribution is 7.99. The zero-order valence-electron chi connectivity index (χ0n) is 17.8. The van der Waals surface area contributed by atoms with E-state index in [9.17, 15) is 19.2 Å².